The van der Waals surface area contributed by atoms with Crippen LogP contribution in [0.15, 0.2) is 53.7 Å². The summed E-state index contributed by atoms with van der Waals surface area (Å²) in [6.45, 7) is 0. The molecule has 0 radical (unpaired) electrons. The topological polar surface area (TPSA) is 49.3 Å². The first kappa shape index (κ1) is 8.91. The highest BCUT2D eigenvalue weighted by molar-refractivity contribution is 6.02. The zero-order chi connectivity index (χ0) is 10.8. The molecule has 2 heterocycles. The lowest BCUT2D eigenvalue weighted by molar-refractivity contribution is 1.05. The number of hydrazine groups is 1. The van der Waals surface area contributed by atoms with Gasteiger partial charge in [-0.3, -0.25) is 10.9 Å². The number of aliphatic imine (C=N–C) groups is 1. The van der Waals surface area contributed by atoms with Crippen molar-refractivity contribution < 1.29 is 0 Å². The SMILES string of the molecule is c1ccc(C2=Nc3cccnc3NN2)cc1. The minimum atomic E-state index is 0.752. The quantitative estimate of drug-likeness (QED) is 0.757. The predicted molar refractivity (Wildman–Crippen MR) is 63.6 cm³/mol. The molecule has 0 saturated carbocycles. The Hall–Kier alpha value is -2.36. The highest BCUT2D eigenvalue weighted by atomic mass is 15.4. The fourth-order valence-corrected chi connectivity index (χ4v) is 1.58. The average molecular weight is 210 g/mol. The summed E-state index contributed by atoms with van der Waals surface area (Å²) in [6, 6.07) is 13.8. The smallest absolute Gasteiger partial charge is 0.170 e. The molecule has 0 fully saturated rings. The highest BCUT2D eigenvalue weighted by Crippen LogP contribution is 2.24. The van der Waals surface area contributed by atoms with E-state index < -0.39 is 0 Å². The molecule has 4 heteroatoms. The van der Waals surface area contributed by atoms with E-state index in [4.69, 9.17) is 0 Å². The number of amidine groups is 1. The molecule has 1 aliphatic rings. The number of fused-ring (bicyclic) bond motifs is 1. The molecule has 4 nitrogen and oxygen atoms in total. The maximum Gasteiger partial charge on any atom is 0.170 e. The summed E-state index contributed by atoms with van der Waals surface area (Å²) in [6.07, 6.45) is 1.73. The Morgan fingerprint density at radius 2 is 1.75 bits per heavy atom. The first-order valence-corrected chi connectivity index (χ1v) is 5.05. The molecule has 1 aromatic heterocycles. The van der Waals surface area contributed by atoms with E-state index in [0.29, 0.717) is 0 Å². The molecule has 16 heavy (non-hydrogen) atoms. The van der Waals surface area contributed by atoms with Crippen LogP contribution >= 0.6 is 0 Å². The molecule has 0 amide bonds. The van der Waals surface area contributed by atoms with Gasteiger partial charge in [0.25, 0.3) is 0 Å². The van der Waals surface area contributed by atoms with E-state index in [1.807, 2.05) is 42.5 Å². The number of nitrogens with zero attached hydrogens (tertiary/aromatic N) is 2. The van der Waals surface area contributed by atoms with Gasteiger partial charge in [-0.1, -0.05) is 30.3 Å². The van der Waals surface area contributed by atoms with Gasteiger partial charge in [0.1, 0.15) is 5.69 Å². The Morgan fingerprint density at radius 3 is 2.62 bits per heavy atom. The zero-order valence-electron chi connectivity index (χ0n) is 8.51. The number of hydrogen-bond acceptors (Lipinski definition) is 4. The minimum Gasteiger partial charge on any atom is -0.282 e. The van der Waals surface area contributed by atoms with E-state index in [1.165, 1.54) is 0 Å². The Kier molecular flexibility index (Phi) is 2.04. The Morgan fingerprint density at radius 1 is 0.875 bits per heavy atom. The maximum absolute atomic E-state index is 4.50. The summed E-state index contributed by atoms with van der Waals surface area (Å²) in [4.78, 5) is 8.66. The fourth-order valence-electron chi connectivity index (χ4n) is 1.58. The molecule has 0 aliphatic carbocycles. The third-order valence-corrected chi connectivity index (χ3v) is 2.37. The number of nitrogens with one attached hydrogen (secondary N) is 2. The van der Waals surface area contributed by atoms with Crippen molar-refractivity contribution in [3.8, 4) is 0 Å². The number of rotatable bonds is 1. The van der Waals surface area contributed by atoms with Gasteiger partial charge in [-0.05, 0) is 12.1 Å². The van der Waals surface area contributed by atoms with Gasteiger partial charge in [-0.2, -0.15) is 0 Å². The predicted octanol–water partition coefficient (Wildman–Crippen LogP) is 2.09. The first-order chi connectivity index (χ1) is 7.93. The lowest BCUT2D eigenvalue weighted by Crippen LogP contribution is -2.33. The lowest BCUT2D eigenvalue weighted by Gasteiger charge is -2.18. The minimum absolute atomic E-state index is 0.752. The van der Waals surface area contributed by atoms with Crippen LogP contribution in [0.4, 0.5) is 11.5 Å². The second-order valence-corrected chi connectivity index (χ2v) is 3.45. The lowest BCUT2D eigenvalue weighted by atomic mass is 10.2. The summed E-state index contributed by atoms with van der Waals surface area (Å²) >= 11 is 0. The van der Waals surface area contributed by atoms with Gasteiger partial charge in [0.2, 0.25) is 0 Å². The van der Waals surface area contributed by atoms with Crippen LogP contribution in [0.3, 0.4) is 0 Å². The van der Waals surface area contributed by atoms with E-state index in [1.54, 1.807) is 6.20 Å². The van der Waals surface area contributed by atoms with Gasteiger partial charge in [0.15, 0.2) is 11.7 Å². The van der Waals surface area contributed by atoms with Crippen LogP contribution < -0.4 is 10.9 Å². The van der Waals surface area contributed by atoms with Crippen LogP contribution in [0.5, 0.6) is 0 Å². The summed E-state index contributed by atoms with van der Waals surface area (Å²) in [5.74, 6) is 1.56. The van der Waals surface area contributed by atoms with Gasteiger partial charge in [-0.25, -0.2) is 9.98 Å². The van der Waals surface area contributed by atoms with Crippen molar-refractivity contribution in [3.05, 3.63) is 54.2 Å². The Balaban J connectivity index is 2.04. The zero-order valence-corrected chi connectivity index (χ0v) is 8.51. The fraction of sp³-hybridized carbons (Fsp3) is 0. The Bertz CT molecular complexity index is 534. The number of anilines is 1. The van der Waals surface area contributed by atoms with Gasteiger partial charge in [0.05, 0.1) is 0 Å². The molecule has 0 saturated heterocycles. The van der Waals surface area contributed by atoms with Crippen molar-refractivity contribution in [1.29, 1.82) is 0 Å². The van der Waals surface area contributed by atoms with Crippen molar-refractivity contribution in [2.24, 2.45) is 4.99 Å². The van der Waals surface area contributed by atoms with E-state index in [9.17, 15) is 0 Å². The Labute approximate surface area is 93.0 Å². The van der Waals surface area contributed by atoms with Crippen LogP contribution in [0.1, 0.15) is 5.56 Å². The molecule has 0 spiro atoms. The van der Waals surface area contributed by atoms with Crippen LogP contribution in [0.2, 0.25) is 0 Å². The number of benzene rings is 1. The van der Waals surface area contributed by atoms with Gasteiger partial charge in [0, 0.05) is 11.8 Å². The van der Waals surface area contributed by atoms with Crippen molar-refractivity contribution >= 4 is 17.3 Å². The van der Waals surface area contributed by atoms with Crippen LogP contribution in [-0.2, 0) is 0 Å². The molecule has 1 aliphatic heterocycles. The van der Waals surface area contributed by atoms with Crippen molar-refractivity contribution in [1.82, 2.24) is 10.4 Å². The summed E-state index contributed by atoms with van der Waals surface area (Å²) in [5, 5.41) is 0. The largest absolute Gasteiger partial charge is 0.282 e. The van der Waals surface area contributed by atoms with Crippen molar-refractivity contribution in [3.63, 3.8) is 0 Å². The molecule has 78 valence electrons. The first-order valence-electron chi connectivity index (χ1n) is 5.05. The second-order valence-electron chi connectivity index (χ2n) is 3.45. The van der Waals surface area contributed by atoms with Crippen molar-refractivity contribution in [2.45, 2.75) is 0 Å². The van der Waals surface area contributed by atoms with E-state index in [0.717, 1.165) is 22.9 Å². The molecule has 0 atom stereocenters. The van der Waals surface area contributed by atoms with E-state index in [-0.39, 0.29) is 0 Å². The molecule has 2 aromatic rings. The van der Waals surface area contributed by atoms with Gasteiger partial charge in [-0.15, -0.1) is 0 Å². The number of hydrogen-bond donors (Lipinski definition) is 2. The van der Waals surface area contributed by atoms with Gasteiger partial charge < -0.3 is 0 Å². The van der Waals surface area contributed by atoms with Crippen molar-refractivity contribution in [2.75, 3.05) is 5.43 Å². The maximum atomic E-state index is 4.50. The van der Waals surface area contributed by atoms with Crippen LogP contribution in [-0.4, -0.2) is 10.8 Å². The number of aromatic nitrogens is 1. The standard InChI is InChI=1S/C12H10N4/c1-2-5-9(6-3-1)11-14-10-7-4-8-13-12(10)16-15-11/h1-8H,(H,13,16)(H,14,15). The molecular weight excluding hydrogens is 200 g/mol. The van der Waals surface area contributed by atoms with Gasteiger partial charge >= 0.3 is 0 Å². The molecule has 0 bridgehead atoms. The number of pyridine rings is 1. The summed E-state index contributed by atoms with van der Waals surface area (Å²) < 4.78 is 0. The monoisotopic (exact) mass is 210 g/mol. The molecule has 3 rings (SSSR count). The normalized spacial score (nSPS) is 13.1. The van der Waals surface area contributed by atoms with E-state index in [2.05, 4.69) is 20.8 Å². The summed E-state index contributed by atoms with van der Waals surface area (Å²) in [5.41, 5.74) is 7.94. The highest BCUT2D eigenvalue weighted by Gasteiger charge is 2.11. The molecule has 1 aromatic carbocycles. The molecular formula is C12H10N4. The third-order valence-electron chi connectivity index (χ3n) is 2.37. The second kappa shape index (κ2) is 3.66. The third kappa shape index (κ3) is 1.50. The summed E-state index contributed by atoms with van der Waals surface area (Å²) in [7, 11) is 0. The van der Waals surface area contributed by atoms with Crippen LogP contribution in [0, 0.1) is 0 Å². The molecule has 0 unspecified atom stereocenters. The van der Waals surface area contributed by atoms with Crippen LogP contribution in [0.25, 0.3) is 0 Å². The molecule has 2 N–H and O–H groups in total. The average Bonchev–Trinajstić information content (AvgIpc) is 2.39. The van der Waals surface area contributed by atoms with E-state index >= 15 is 0 Å².